The normalized spacial score (nSPS) is 16.9. The van der Waals surface area contributed by atoms with Crippen LogP contribution in [0.2, 0.25) is 0 Å². The third kappa shape index (κ3) is 5.03. The van der Waals surface area contributed by atoms with Crippen molar-refractivity contribution in [2.45, 2.75) is 49.8 Å². The van der Waals surface area contributed by atoms with Gasteiger partial charge in [0.05, 0.1) is 18.5 Å². The number of nitrogens with zero attached hydrogens (tertiary/aromatic N) is 2. The predicted molar refractivity (Wildman–Crippen MR) is 152 cm³/mol. The van der Waals surface area contributed by atoms with E-state index in [0.29, 0.717) is 28.4 Å². The van der Waals surface area contributed by atoms with Crippen molar-refractivity contribution in [3.63, 3.8) is 0 Å². The van der Waals surface area contributed by atoms with Crippen molar-refractivity contribution in [1.82, 2.24) is 15.5 Å². The van der Waals surface area contributed by atoms with Crippen LogP contribution in [0.1, 0.15) is 49.0 Å². The molecule has 0 aliphatic heterocycles. The van der Waals surface area contributed by atoms with E-state index in [0.717, 1.165) is 55.0 Å². The van der Waals surface area contributed by atoms with Gasteiger partial charge >= 0.3 is 0 Å². The summed E-state index contributed by atoms with van der Waals surface area (Å²) in [4.78, 5) is 24.8. The van der Waals surface area contributed by atoms with E-state index in [1.165, 1.54) is 7.05 Å². The number of amides is 2. The van der Waals surface area contributed by atoms with Crippen LogP contribution in [0, 0.1) is 5.92 Å². The Hall–Kier alpha value is -3.71. The van der Waals surface area contributed by atoms with Gasteiger partial charge in [0, 0.05) is 41.2 Å². The van der Waals surface area contributed by atoms with E-state index in [9.17, 15) is 14.2 Å². The van der Waals surface area contributed by atoms with Crippen molar-refractivity contribution >= 4 is 41.5 Å². The SMILES string of the molecule is CNC(=O)c1nnc(NC(=O)C2CC2)cc1Nc1cccc(-c2ccc(P(=O)(C3CC3)C3CC3)cc2)c1OC. The lowest BCUT2D eigenvalue weighted by atomic mass is 10.0. The summed E-state index contributed by atoms with van der Waals surface area (Å²) in [5.41, 5.74) is 3.62. The fourth-order valence-corrected chi connectivity index (χ4v) is 9.03. The van der Waals surface area contributed by atoms with Crippen LogP contribution >= 0.6 is 7.14 Å². The number of aromatic nitrogens is 2. The minimum absolute atomic E-state index is 0.00689. The van der Waals surface area contributed by atoms with Gasteiger partial charge in [-0.3, -0.25) is 9.59 Å². The Kier molecular flexibility index (Phi) is 6.63. The van der Waals surface area contributed by atoms with Crippen molar-refractivity contribution in [3.8, 4) is 16.9 Å². The van der Waals surface area contributed by atoms with Crippen LogP contribution in [0.3, 0.4) is 0 Å². The highest BCUT2D eigenvalue weighted by atomic mass is 31.2. The fraction of sp³-hybridized carbons (Fsp3) is 0.379. The molecule has 0 bridgehead atoms. The molecule has 1 heterocycles. The number of carbonyl (C=O) groups excluding carboxylic acids is 2. The Morgan fingerprint density at radius 3 is 2.21 bits per heavy atom. The number of carbonyl (C=O) groups is 2. The summed E-state index contributed by atoms with van der Waals surface area (Å²) in [7, 11) is 0.778. The van der Waals surface area contributed by atoms with E-state index in [1.807, 2.05) is 42.5 Å². The molecule has 2 aromatic carbocycles. The molecule has 0 spiro atoms. The summed E-state index contributed by atoms with van der Waals surface area (Å²) in [5.74, 6) is 0.349. The quantitative estimate of drug-likeness (QED) is 0.309. The topological polar surface area (TPSA) is 122 Å². The van der Waals surface area contributed by atoms with Gasteiger partial charge in [0.1, 0.15) is 12.9 Å². The largest absolute Gasteiger partial charge is 0.494 e. The number of anilines is 3. The van der Waals surface area contributed by atoms with Crippen LogP contribution < -0.4 is 26.0 Å². The molecule has 3 saturated carbocycles. The second-order valence-corrected chi connectivity index (χ2v) is 14.0. The molecular formula is C29H32N5O4P. The minimum atomic E-state index is -2.34. The lowest BCUT2D eigenvalue weighted by Gasteiger charge is -2.19. The number of hydrogen-bond donors (Lipinski definition) is 3. The number of benzene rings is 2. The zero-order chi connectivity index (χ0) is 27.1. The van der Waals surface area contributed by atoms with Gasteiger partial charge in [0.2, 0.25) is 5.91 Å². The van der Waals surface area contributed by atoms with E-state index in [1.54, 1.807) is 13.2 Å². The highest BCUT2D eigenvalue weighted by Crippen LogP contribution is 2.69. The van der Waals surface area contributed by atoms with Gasteiger partial charge in [0.15, 0.2) is 11.5 Å². The fourth-order valence-electron chi connectivity index (χ4n) is 5.15. The van der Waals surface area contributed by atoms with E-state index in [-0.39, 0.29) is 23.3 Å². The molecule has 9 nitrogen and oxygen atoms in total. The standard InChI is InChI=1S/C29H32N5O4P/c1-30-29(36)26-24(16-25(33-34-26)32-28(35)18-6-7-18)31-23-5-3-4-22(27(23)38-2)17-8-10-19(11-9-17)39(37,20-12-13-20)21-14-15-21/h3-5,8-11,16,18,20-21H,6-7,12-15H2,1-2H3,(H,30,36)(H2,31,32,33,35). The number of rotatable bonds is 10. The molecule has 3 fully saturated rings. The van der Waals surface area contributed by atoms with Crippen molar-refractivity contribution in [1.29, 1.82) is 0 Å². The lowest BCUT2D eigenvalue weighted by Crippen LogP contribution is -2.22. The van der Waals surface area contributed by atoms with E-state index in [2.05, 4.69) is 26.1 Å². The van der Waals surface area contributed by atoms with Gasteiger partial charge in [-0.15, -0.1) is 10.2 Å². The third-order valence-electron chi connectivity index (χ3n) is 7.68. The molecule has 0 atom stereocenters. The highest BCUT2D eigenvalue weighted by molar-refractivity contribution is 7.73. The van der Waals surface area contributed by atoms with Gasteiger partial charge in [-0.1, -0.05) is 36.4 Å². The first kappa shape index (κ1) is 25.6. The number of nitrogens with one attached hydrogen (secondary N) is 3. The molecule has 0 unspecified atom stereocenters. The molecular weight excluding hydrogens is 513 g/mol. The Morgan fingerprint density at radius 2 is 1.62 bits per heavy atom. The van der Waals surface area contributed by atoms with Crippen molar-refractivity contribution < 1.29 is 18.9 Å². The lowest BCUT2D eigenvalue weighted by molar-refractivity contribution is -0.117. The number of hydrogen-bond acceptors (Lipinski definition) is 7. The molecule has 3 aliphatic carbocycles. The summed E-state index contributed by atoms with van der Waals surface area (Å²) in [5, 5.41) is 17.7. The van der Waals surface area contributed by atoms with Crippen LogP contribution in [0.5, 0.6) is 5.75 Å². The van der Waals surface area contributed by atoms with Crippen LogP contribution in [-0.4, -0.2) is 47.5 Å². The van der Waals surface area contributed by atoms with Gasteiger partial charge in [-0.05, 0) is 50.2 Å². The smallest absolute Gasteiger partial charge is 0.273 e. The zero-order valence-corrected chi connectivity index (χ0v) is 23.0. The Labute approximate surface area is 227 Å². The second-order valence-electron chi connectivity index (χ2n) is 10.6. The number of ether oxygens (including phenoxy) is 1. The average Bonchev–Trinajstić information content (AvgIpc) is 3.80. The zero-order valence-electron chi connectivity index (χ0n) is 22.1. The Balaban J connectivity index is 1.31. The highest BCUT2D eigenvalue weighted by Gasteiger charge is 2.51. The molecule has 2 amide bonds. The van der Waals surface area contributed by atoms with E-state index in [4.69, 9.17) is 4.74 Å². The Morgan fingerprint density at radius 1 is 0.923 bits per heavy atom. The molecule has 0 saturated heterocycles. The summed E-state index contributed by atoms with van der Waals surface area (Å²) in [6.45, 7) is 0. The van der Waals surface area contributed by atoms with Gasteiger partial charge in [-0.2, -0.15) is 0 Å². The van der Waals surface area contributed by atoms with Crippen molar-refractivity contribution in [2.75, 3.05) is 24.8 Å². The maximum atomic E-state index is 13.9. The van der Waals surface area contributed by atoms with Crippen molar-refractivity contribution in [3.05, 3.63) is 54.2 Å². The molecule has 3 aliphatic rings. The summed E-state index contributed by atoms with van der Waals surface area (Å²) < 4.78 is 19.7. The van der Waals surface area contributed by atoms with Gasteiger partial charge in [-0.25, -0.2) is 0 Å². The minimum Gasteiger partial charge on any atom is -0.494 e. The molecule has 0 radical (unpaired) electrons. The van der Waals surface area contributed by atoms with E-state index >= 15 is 0 Å². The number of para-hydroxylation sites is 1. The second kappa shape index (κ2) is 10.1. The molecule has 10 heteroatoms. The maximum Gasteiger partial charge on any atom is 0.273 e. The van der Waals surface area contributed by atoms with Crippen LogP contribution in [0.4, 0.5) is 17.2 Å². The average molecular weight is 546 g/mol. The van der Waals surface area contributed by atoms with Crippen LogP contribution in [0.25, 0.3) is 11.1 Å². The summed E-state index contributed by atoms with van der Waals surface area (Å²) in [6.07, 6.45) is 6.03. The van der Waals surface area contributed by atoms with Crippen LogP contribution in [-0.2, 0) is 9.36 Å². The first-order valence-corrected chi connectivity index (χ1v) is 15.3. The molecule has 3 N–H and O–H groups in total. The third-order valence-corrected chi connectivity index (χ3v) is 12.0. The molecule has 6 rings (SSSR count). The molecule has 3 aromatic rings. The molecule has 202 valence electrons. The first-order chi connectivity index (χ1) is 18.9. The van der Waals surface area contributed by atoms with Gasteiger partial charge in [0.25, 0.3) is 5.91 Å². The van der Waals surface area contributed by atoms with Crippen LogP contribution in [0.15, 0.2) is 48.5 Å². The number of methoxy groups -OCH3 is 1. The molecule has 39 heavy (non-hydrogen) atoms. The van der Waals surface area contributed by atoms with Gasteiger partial charge < -0.3 is 25.3 Å². The monoisotopic (exact) mass is 545 g/mol. The predicted octanol–water partition coefficient (Wildman–Crippen LogP) is 4.92. The Bertz CT molecular complexity index is 1460. The molecule has 1 aromatic heterocycles. The summed E-state index contributed by atoms with van der Waals surface area (Å²) >= 11 is 0. The van der Waals surface area contributed by atoms with Crippen molar-refractivity contribution in [2.24, 2.45) is 5.92 Å². The first-order valence-electron chi connectivity index (χ1n) is 13.5. The van der Waals surface area contributed by atoms with E-state index < -0.39 is 13.0 Å². The maximum absolute atomic E-state index is 13.9. The summed E-state index contributed by atoms with van der Waals surface area (Å²) in [6, 6.07) is 15.4.